The van der Waals surface area contributed by atoms with Crippen LogP contribution in [0, 0.1) is 5.92 Å². The molecule has 2 atom stereocenters. The molecule has 10 nitrogen and oxygen atoms in total. The zero-order valence-corrected chi connectivity index (χ0v) is 29.8. The van der Waals surface area contributed by atoms with Crippen LogP contribution in [0.3, 0.4) is 0 Å². The van der Waals surface area contributed by atoms with Crippen LogP contribution in [-0.2, 0) is 33.9 Å². The van der Waals surface area contributed by atoms with E-state index in [9.17, 15) is 9.59 Å². The molecular weight excluding hydrogens is 638 g/mol. The summed E-state index contributed by atoms with van der Waals surface area (Å²) >= 11 is 0. The average molecular weight is 686 g/mol. The third-order valence-electron chi connectivity index (χ3n) is 9.44. The molecule has 2 heterocycles. The number of aromatic amines is 1. The lowest BCUT2D eigenvalue weighted by Crippen LogP contribution is -2.52. The van der Waals surface area contributed by atoms with Gasteiger partial charge in [-0.2, -0.15) is 5.21 Å². The first-order chi connectivity index (χ1) is 24.7. The molecule has 1 aromatic heterocycles. The minimum Gasteiger partial charge on any atom is -0.372 e. The van der Waals surface area contributed by atoms with Gasteiger partial charge in [0.2, 0.25) is 17.6 Å². The number of hydrogen-bond acceptors (Lipinski definition) is 7. The van der Waals surface area contributed by atoms with E-state index in [0.717, 1.165) is 39.1 Å². The number of carbonyl (C=O) groups excluding carboxylic acids is 2. The summed E-state index contributed by atoms with van der Waals surface area (Å²) in [5, 5.41) is 21.2. The first-order valence-electron chi connectivity index (χ1n) is 17.7. The molecule has 51 heavy (non-hydrogen) atoms. The van der Waals surface area contributed by atoms with Gasteiger partial charge in [-0.25, -0.2) is 0 Å². The fraction of sp³-hybridized carbons (Fsp3) is 0.341. The van der Waals surface area contributed by atoms with E-state index in [-0.39, 0.29) is 24.3 Å². The van der Waals surface area contributed by atoms with E-state index in [0.29, 0.717) is 44.3 Å². The van der Waals surface area contributed by atoms with E-state index in [1.165, 1.54) is 0 Å². The molecule has 1 aliphatic rings. The largest absolute Gasteiger partial charge is 0.372 e. The average Bonchev–Trinajstić information content (AvgIpc) is 3.64. The number of aryl methyl sites for hydroxylation is 1. The van der Waals surface area contributed by atoms with Crippen molar-refractivity contribution in [3.63, 3.8) is 0 Å². The summed E-state index contributed by atoms with van der Waals surface area (Å²) in [6.45, 7) is 9.84. The number of ether oxygens (including phenoxy) is 1. The van der Waals surface area contributed by atoms with Gasteiger partial charge in [-0.15, -0.1) is 10.2 Å². The Hall–Kier alpha value is -5.19. The summed E-state index contributed by atoms with van der Waals surface area (Å²) < 4.78 is 6.26. The second-order valence-corrected chi connectivity index (χ2v) is 14.2. The van der Waals surface area contributed by atoms with Gasteiger partial charge in [0.05, 0.1) is 19.3 Å². The molecule has 5 aromatic rings. The summed E-state index contributed by atoms with van der Waals surface area (Å²) in [4.78, 5) is 29.6. The van der Waals surface area contributed by atoms with Crippen molar-refractivity contribution in [3.05, 3.63) is 120 Å². The summed E-state index contributed by atoms with van der Waals surface area (Å²) in [6, 6.07) is 33.6. The maximum atomic E-state index is 14.2. The number of benzene rings is 4. The molecule has 0 aliphatic carbocycles. The van der Waals surface area contributed by atoms with Crippen molar-refractivity contribution < 1.29 is 14.3 Å². The Balaban J connectivity index is 1.11. The molecule has 10 heteroatoms. The van der Waals surface area contributed by atoms with E-state index in [4.69, 9.17) is 4.74 Å². The maximum Gasteiger partial charge on any atom is 0.249 e. The van der Waals surface area contributed by atoms with Gasteiger partial charge in [0.15, 0.2) is 0 Å². The highest BCUT2D eigenvalue weighted by Crippen LogP contribution is 2.32. The summed E-state index contributed by atoms with van der Waals surface area (Å²) in [7, 11) is 0. The first kappa shape index (κ1) is 35.6. The van der Waals surface area contributed by atoms with Crippen molar-refractivity contribution in [1.29, 1.82) is 0 Å². The Labute approximate surface area is 300 Å². The highest BCUT2D eigenvalue weighted by molar-refractivity contribution is 6.00. The van der Waals surface area contributed by atoms with E-state index in [1.54, 1.807) is 0 Å². The van der Waals surface area contributed by atoms with Gasteiger partial charge in [0.25, 0.3) is 0 Å². The van der Waals surface area contributed by atoms with Gasteiger partial charge in [-0.3, -0.25) is 9.59 Å². The fourth-order valence-electron chi connectivity index (χ4n) is 6.54. The maximum absolute atomic E-state index is 14.2. The van der Waals surface area contributed by atoms with Gasteiger partial charge < -0.3 is 20.3 Å². The van der Waals surface area contributed by atoms with Crippen molar-refractivity contribution in [2.45, 2.75) is 77.8 Å². The third kappa shape index (κ3) is 9.14. The van der Waals surface area contributed by atoms with Crippen LogP contribution in [-0.4, -0.2) is 56.7 Å². The van der Waals surface area contributed by atoms with Crippen LogP contribution in [0.4, 0.5) is 5.69 Å². The molecule has 3 N–H and O–H groups in total. The van der Waals surface area contributed by atoms with Gasteiger partial charge in [-0.05, 0) is 71.7 Å². The fourth-order valence-corrected chi connectivity index (χ4v) is 6.54. The predicted molar refractivity (Wildman–Crippen MR) is 199 cm³/mol. The Morgan fingerprint density at radius 3 is 2.35 bits per heavy atom. The monoisotopic (exact) mass is 685 g/mol. The summed E-state index contributed by atoms with van der Waals surface area (Å²) in [5.41, 5.74) is 6.44. The number of tetrazole rings is 1. The van der Waals surface area contributed by atoms with E-state index in [1.807, 2.05) is 104 Å². The molecule has 264 valence electrons. The Morgan fingerprint density at radius 1 is 0.922 bits per heavy atom. The normalized spacial score (nSPS) is 15.4. The lowest BCUT2D eigenvalue weighted by atomic mass is 9.97. The molecule has 0 fully saturated rings. The van der Waals surface area contributed by atoms with Crippen LogP contribution in [0.2, 0.25) is 0 Å². The van der Waals surface area contributed by atoms with Crippen LogP contribution >= 0.6 is 0 Å². The van der Waals surface area contributed by atoms with Crippen molar-refractivity contribution in [2.24, 2.45) is 5.92 Å². The number of nitrogens with one attached hydrogen (secondary N) is 3. The number of para-hydroxylation sites is 1. The quantitative estimate of drug-likeness (QED) is 0.122. The third-order valence-corrected chi connectivity index (χ3v) is 9.44. The number of nitrogens with zero attached hydrogens (tertiary/aromatic N) is 4. The summed E-state index contributed by atoms with van der Waals surface area (Å²) in [6.07, 6.45) is 1.42. The number of amides is 2. The number of anilines is 1. The molecule has 2 amide bonds. The zero-order valence-electron chi connectivity index (χ0n) is 29.8. The van der Waals surface area contributed by atoms with Crippen molar-refractivity contribution in [2.75, 3.05) is 11.4 Å². The lowest BCUT2D eigenvalue weighted by molar-refractivity contribution is -0.128. The smallest absolute Gasteiger partial charge is 0.249 e. The SMILES string of the molecule is CC(C)[C@@H](CNC(C)(C)CC(=O)N[C@@H]1CCc2ccccc2N(Cc2ccc(-c3ccccc3-c3nn[nH]n3)cc2)C1=O)OCc1ccccc1. The van der Waals surface area contributed by atoms with Crippen LogP contribution < -0.4 is 15.5 Å². The minimum atomic E-state index is -0.639. The van der Waals surface area contributed by atoms with Crippen LogP contribution in [0.5, 0.6) is 0 Å². The van der Waals surface area contributed by atoms with Crippen molar-refractivity contribution in [3.8, 4) is 22.5 Å². The number of carbonyl (C=O) groups is 2. The van der Waals surface area contributed by atoms with E-state index >= 15 is 0 Å². The number of aromatic nitrogens is 4. The molecule has 0 spiro atoms. The molecular formula is C41H47N7O3. The number of H-pyrrole nitrogens is 1. The highest BCUT2D eigenvalue weighted by atomic mass is 16.5. The molecule has 4 aromatic carbocycles. The van der Waals surface area contributed by atoms with Crippen LogP contribution in [0.1, 0.15) is 57.2 Å². The molecule has 0 saturated heterocycles. The van der Waals surface area contributed by atoms with Crippen molar-refractivity contribution >= 4 is 17.5 Å². The van der Waals surface area contributed by atoms with Crippen LogP contribution in [0.25, 0.3) is 22.5 Å². The molecule has 0 bridgehead atoms. The molecule has 6 rings (SSSR count). The second kappa shape index (κ2) is 16.2. The topological polar surface area (TPSA) is 125 Å². The Bertz CT molecular complexity index is 1890. The lowest BCUT2D eigenvalue weighted by Gasteiger charge is -2.31. The standard InChI is InChI=1S/C41H47N7O3/c1-28(2)37(51-27-30-12-6-5-7-13-30)25-42-41(3,4)24-38(49)43-35-23-22-32-14-8-11-17-36(32)48(40(35)50)26-29-18-20-31(21-19-29)33-15-9-10-16-34(33)39-44-46-47-45-39/h5-21,28,35,37,42H,22-27H2,1-4H3,(H,43,49)(H,44,45,46,47)/t35-,37-/m1/s1. The zero-order chi connectivity index (χ0) is 35.8. The van der Waals surface area contributed by atoms with Gasteiger partial charge in [0.1, 0.15) is 6.04 Å². The van der Waals surface area contributed by atoms with Crippen molar-refractivity contribution in [1.82, 2.24) is 31.3 Å². The highest BCUT2D eigenvalue weighted by Gasteiger charge is 2.33. The Morgan fingerprint density at radius 2 is 1.63 bits per heavy atom. The Kier molecular flexibility index (Phi) is 11.3. The number of fused-ring (bicyclic) bond motifs is 1. The molecule has 0 unspecified atom stereocenters. The van der Waals surface area contributed by atoms with Gasteiger partial charge >= 0.3 is 0 Å². The molecule has 1 aliphatic heterocycles. The number of hydrogen-bond donors (Lipinski definition) is 3. The minimum absolute atomic E-state index is 0.0164. The van der Waals surface area contributed by atoms with Gasteiger partial charge in [-0.1, -0.05) is 111 Å². The number of rotatable bonds is 14. The first-order valence-corrected chi connectivity index (χ1v) is 17.7. The predicted octanol–water partition coefficient (Wildman–Crippen LogP) is 6.50. The second-order valence-electron chi connectivity index (χ2n) is 14.2. The van der Waals surface area contributed by atoms with E-state index in [2.05, 4.69) is 63.3 Å². The van der Waals surface area contributed by atoms with Crippen LogP contribution in [0.15, 0.2) is 103 Å². The summed E-state index contributed by atoms with van der Waals surface area (Å²) in [5.74, 6) is 0.555. The van der Waals surface area contributed by atoms with E-state index < -0.39 is 11.6 Å². The van der Waals surface area contributed by atoms with Gasteiger partial charge in [0, 0.05) is 29.8 Å². The molecule has 0 saturated carbocycles. The molecule has 0 radical (unpaired) electrons.